The van der Waals surface area contributed by atoms with Gasteiger partial charge in [-0.3, -0.25) is 19.6 Å². The Hall–Kier alpha value is -2.90. The molecular formula is C16H18FN5O6S. The van der Waals surface area contributed by atoms with Gasteiger partial charge in [0.15, 0.2) is 0 Å². The van der Waals surface area contributed by atoms with Crippen molar-refractivity contribution in [3.63, 3.8) is 0 Å². The van der Waals surface area contributed by atoms with Crippen LogP contribution in [-0.2, 0) is 26.1 Å². The highest BCUT2D eigenvalue weighted by molar-refractivity contribution is 7.89. The highest BCUT2D eigenvalue weighted by Crippen LogP contribution is 2.24. The first-order chi connectivity index (χ1) is 13.8. The third-order valence-corrected chi connectivity index (χ3v) is 6.11. The second-order valence-corrected chi connectivity index (χ2v) is 8.08. The molecule has 0 atom stereocenters. The second-order valence-electron chi connectivity index (χ2n) is 6.18. The average Bonchev–Trinajstić information content (AvgIpc) is 3.18. The summed E-state index contributed by atoms with van der Waals surface area (Å²) < 4.78 is 47.0. The van der Waals surface area contributed by atoms with Crippen LogP contribution >= 0.6 is 0 Å². The average molecular weight is 427 g/mol. The van der Waals surface area contributed by atoms with E-state index in [1.165, 1.54) is 16.9 Å². The van der Waals surface area contributed by atoms with Crippen LogP contribution in [0.25, 0.3) is 0 Å². The van der Waals surface area contributed by atoms with Crippen molar-refractivity contribution in [3.05, 3.63) is 46.5 Å². The number of sulfonamides is 1. The molecule has 156 valence electrons. The third-order valence-electron chi connectivity index (χ3n) is 4.20. The number of anilines is 1. The van der Waals surface area contributed by atoms with Gasteiger partial charge in [-0.15, -0.1) is 0 Å². The number of hydrogen-bond acceptors (Lipinski definition) is 7. The van der Waals surface area contributed by atoms with Crippen molar-refractivity contribution >= 4 is 27.3 Å². The van der Waals surface area contributed by atoms with Crippen LogP contribution in [0.5, 0.6) is 0 Å². The number of nitrogens with zero attached hydrogens (tertiary/aromatic N) is 4. The van der Waals surface area contributed by atoms with E-state index in [9.17, 15) is 27.7 Å². The number of amides is 1. The summed E-state index contributed by atoms with van der Waals surface area (Å²) >= 11 is 0. The van der Waals surface area contributed by atoms with E-state index in [0.29, 0.717) is 0 Å². The van der Waals surface area contributed by atoms with Crippen molar-refractivity contribution in [3.8, 4) is 0 Å². The van der Waals surface area contributed by atoms with Gasteiger partial charge >= 0.3 is 5.69 Å². The predicted molar refractivity (Wildman–Crippen MR) is 98.1 cm³/mol. The molecule has 1 saturated heterocycles. The van der Waals surface area contributed by atoms with Gasteiger partial charge in [0.2, 0.25) is 15.9 Å². The van der Waals surface area contributed by atoms with Gasteiger partial charge in [0, 0.05) is 31.7 Å². The number of aromatic nitrogens is 2. The maximum Gasteiger partial charge on any atom is 0.306 e. The topological polar surface area (TPSA) is 137 Å². The molecule has 2 heterocycles. The zero-order valence-electron chi connectivity index (χ0n) is 15.2. The summed E-state index contributed by atoms with van der Waals surface area (Å²) in [6.45, 7) is 0.772. The lowest BCUT2D eigenvalue weighted by Gasteiger charge is -2.26. The molecule has 0 saturated carbocycles. The first-order valence-electron chi connectivity index (χ1n) is 8.61. The number of rotatable bonds is 7. The van der Waals surface area contributed by atoms with Crippen LogP contribution < -0.4 is 5.32 Å². The van der Waals surface area contributed by atoms with Crippen LogP contribution in [-0.4, -0.2) is 59.6 Å². The lowest BCUT2D eigenvalue weighted by molar-refractivity contribution is -0.385. The molecule has 13 heteroatoms. The summed E-state index contributed by atoms with van der Waals surface area (Å²) in [5.74, 6) is -1.40. The lowest BCUT2D eigenvalue weighted by Crippen LogP contribution is -2.40. The van der Waals surface area contributed by atoms with Crippen molar-refractivity contribution in [2.24, 2.45) is 0 Å². The minimum absolute atomic E-state index is 0.0677. The van der Waals surface area contributed by atoms with E-state index in [4.69, 9.17) is 4.74 Å². The Morgan fingerprint density at radius 3 is 2.72 bits per heavy atom. The molecule has 1 aliphatic heterocycles. The fraction of sp³-hybridized carbons (Fsp3) is 0.375. The Balaban J connectivity index is 1.67. The first-order valence-corrected chi connectivity index (χ1v) is 10.1. The van der Waals surface area contributed by atoms with Gasteiger partial charge in [0.25, 0.3) is 0 Å². The second kappa shape index (κ2) is 8.63. The van der Waals surface area contributed by atoms with Crippen LogP contribution in [0, 0.1) is 15.9 Å². The SMILES string of the molecule is O=C(CCn1cc([N+](=O)[O-])cn1)Nc1ccc(F)c(S(=O)(=O)N2CCOCC2)c1. The molecule has 0 aliphatic carbocycles. The van der Waals surface area contributed by atoms with E-state index in [-0.39, 0.29) is 50.6 Å². The van der Waals surface area contributed by atoms with E-state index >= 15 is 0 Å². The zero-order valence-corrected chi connectivity index (χ0v) is 16.0. The largest absolute Gasteiger partial charge is 0.379 e. The lowest BCUT2D eigenvalue weighted by atomic mass is 10.3. The van der Waals surface area contributed by atoms with Crippen LogP contribution in [0.4, 0.5) is 15.8 Å². The van der Waals surface area contributed by atoms with E-state index in [2.05, 4.69) is 10.4 Å². The molecule has 1 aromatic carbocycles. The highest BCUT2D eigenvalue weighted by Gasteiger charge is 2.29. The fourth-order valence-electron chi connectivity index (χ4n) is 2.71. The number of carbonyl (C=O) groups excluding carboxylic acids is 1. The van der Waals surface area contributed by atoms with E-state index in [0.717, 1.165) is 22.6 Å². The van der Waals surface area contributed by atoms with Gasteiger partial charge in [-0.2, -0.15) is 9.40 Å². The predicted octanol–water partition coefficient (Wildman–Crippen LogP) is 0.980. The molecular weight excluding hydrogens is 409 g/mol. The molecule has 3 rings (SSSR count). The standard InChI is InChI=1S/C16H18FN5O6S/c17-14-2-1-12(9-15(14)29(26,27)21-5-7-28-8-6-21)19-16(23)3-4-20-11-13(10-18-20)22(24)25/h1-2,9-11H,3-8H2,(H,19,23). The van der Waals surface area contributed by atoms with Gasteiger partial charge in [0.05, 0.1) is 18.1 Å². The van der Waals surface area contributed by atoms with Crippen molar-refractivity contribution in [2.45, 2.75) is 17.9 Å². The number of nitro groups is 1. The van der Waals surface area contributed by atoms with E-state index < -0.39 is 31.6 Å². The van der Waals surface area contributed by atoms with Gasteiger partial charge in [0.1, 0.15) is 23.1 Å². The summed E-state index contributed by atoms with van der Waals surface area (Å²) in [6, 6.07) is 3.29. The third kappa shape index (κ3) is 4.93. The Kier molecular flexibility index (Phi) is 6.20. The molecule has 1 N–H and O–H groups in total. The molecule has 0 bridgehead atoms. The molecule has 1 amide bonds. The number of carbonyl (C=O) groups is 1. The number of nitrogens with one attached hydrogen (secondary N) is 1. The summed E-state index contributed by atoms with van der Waals surface area (Å²) in [6.07, 6.45) is 2.20. The van der Waals surface area contributed by atoms with Crippen molar-refractivity contribution < 1.29 is 27.3 Å². The highest BCUT2D eigenvalue weighted by atomic mass is 32.2. The molecule has 2 aromatic rings. The number of halogens is 1. The number of benzene rings is 1. The van der Waals surface area contributed by atoms with Crippen molar-refractivity contribution in [1.82, 2.24) is 14.1 Å². The quantitative estimate of drug-likeness (QED) is 0.514. The zero-order chi connectivity index (χ0) is 21.0. The summed E-state index contributed by atoms with van der Waals surface area (Å²) in [4.78, 5) is 21.6. The van der Waals surface area contributed by atoms with Crippen LogP contribution in [0.15, 0.2) is 35.5 Å². The van der Waals surface area contributed by atoms with Crippen LogP contribution in [0.2, 0.25) is 0 Å². The molecule has 0 spiro atoms. The summed E-state index contributed by atoms with van der Waals surface area (Å²) in [5.41, 5.74) is -0.0726. The number of hydrogen-bond donors (Lipinski definition) is 1. The molecule has 29 heavy (non-hydrogen) atoms. The Morgan fingerprint density at radius 1 is 1.34 bits per heavy atom. The van der Waals surface area contributed by atoms with Crippen LogP contribution in [0.1, 0.15) is 6.42 Å². The molecule has 1 aliphatic rings. The molecule has 11 nitrogen and oxygen atoms in total. The van der Waals surface area contributed by atoms with E-state index in [1.54, 1.807) is 0 Å². The van der Waals surface area contributed by atoms with E-state index in [1.807, 2.05) is 0 Å². The van der Waals surface area contributed by atoms with Crippen LogP contribution in [0.3, 0.4) is 0 Å². The molecule has 0 radical (unpaired) electrons. The molecule has 1 aromatic heterocycles. The molecule has 1 fully saturated rings. The monoisotopic (exact) mass is 427 g/mol. The summed E-state index contributed by atoms with van der Waals surface area (Å²) in [5, 5.41) is 16.9. The smallest absolute Gasteiger partial charge is 0.306 e. The maximum absolute atomic E-state index is 14.2. The van der Waals surface area contributed by atoms with Gasteiger partial charge in [-0.25, -0.2) is 12.8 Å². The normalized spacial score (nSPS) is 15.2. The van der Waals surface area contributed by atoms with Gasteiger partial charge < -0.3 is 10.1 Å². The van der Waals surface area contributed by atoms with Gasteiger partial charge in [-0.05, 0) is 18.2 Å². The number of morpholine rings is 1. The first kappa shape index (κ1) is 20.8. The minimum atomic E-state index is -4.06. The maximum atomic E-state index is 14.2. The Labute approximate surface area is 165 Å². The number of ether oxygens (including phenoxy) is 1. The van der Waals surface area contributed by atoms with Crippen molar-refractivity contribution in [1.29, 1.82) is 0 Å². The Morgan fingerprint density at radius 2 is 2.07 bits per heavy atom. The van der Waals surface area contributed by atoms with Crippen molar-refractivity contribution in [2.75, 3.05) is 31.6 Å². The molecule has 0 unspecified atom stereocenters. The number of aryl methyl sites for hydroxylation is 1. The Bertz CT molecular complexity index is 1020. The summed E-state index contributed by atoms with van der Waals surface area (Å²) in [7, 11) is -4.06. The minimum Gasteiger partial charge on any atom is -0.379 e. The van der Waals surface area contributed by atoms with Gasteiger partial charge in [-0.1, -0.05) is 0 Å². The fourth-order valence-corrected chi connectivity index (χ4v) is 4.21.